The van der Waals surface area contributed by atoms with Crippen LogP contribution >= 0.6 is 34.2 Å². The van der Waals surface area contributed by atoms with Gasteiger partial charge in [0.15, 0.2) is 5.72 Å². The molecular formula is C14H18ClIN2O4S. The molecule has 2 rings (SSSR count). The van der Waals surface area contributed by atoms with Gasteiger partial charge in [0.1, 0.15) is 4.90 Å². The zero-order valence-electron chi connectivity index (χ0n) is 12.6. The summed E-state index contributed by atoms with van der Waals surface area (Å²) in [5.74, 6) is -0.162. The van der Waals surface area contributed by atoms with Crippen LogP contribution in [-0.4, -0.2) is 35.4 Å². The number of likely N-dealkylation sites (tertiary alicyclic amines) is 1. The van der Waals surface area contributed by atoms with E-state index in [1.165, 1.54) is 17.0 Å². The van der Waals surface area contributed by atoms with Crippen LogP contribution in [0.25, 0.3) is 0 Å². The fourth-order valence-corrected chi connectivity index (χ4v) is 5.10. The van der Waals surface area contributed by atoms with Gasteiger partial charge >= 0.3 is 0 Å². The van der Waals surface area contributed by atoms with Crippen LogP contribution in [-0.2, 0) is 20.5 Å². The summed E-state index contributed by atoms with van der Waals surface area (Å²) in [5, 5.41) is 11.0. The summed E-state index contributed by atoms with van der Waals surface area (Å²) in [6.45, 7) is 2.15. The van der Waals surface area contributed by atoms with Crippen molar-refractivity contribution in [2.75, 3.05) is 11.1 Å². The number of halogens is 2. The molecule has 1 aromatic rings. The van der Waals surface area contributed by atoms with Gasteiger partial charge in [-0.3, -0.25) is 4.79 Å². The molecule has 1 amide bonds. The van der Waals surface area contributed by atoms with Crippen LogP contribution in [0.4, 0.5) is 0 Å². The van der Waals surface area contributed by atoms with Crippen molar-refractivity contribution in [3.8, 4) is 0 Å². The number of alkyl halides is 1. The van der Waals surface area contributed by atoms with E-state index in [-0.39, 0.29) is 28.7 Å². The average molecular weight is 473 g/mol. The van der Waals surface area contributed by atoms with Crippen molar-refractivity contribution < 1.29 is 18.3 Å². The first-order chi connectivity index (χ1) is 10.8. The van der Waals surface area contributed by atoms with E-state index in [0.717, 1.165) is 0 Å². The van der Waals surface area contributed by atoms with Crippen molar-refractivity contribution in [2.24, 2.45) is 0 Å². The number of hydrogen-bond acceptors (Lipinski definition) is 4. The smallest absolute Gasteiger partial charge is 0.242 e. The summed E-state index contributed by atoms with van der Waals surface area (Å²) in [5.41, 5.74) is -1.15. The van der Waals surface area contributed by atoms with Gasteiger partial charge in [0.2, 0.25) is 15.9 Å². The lowest BCUT2D eigenvalue weighted by molar-refractivity contribution is -0.143. The maximum absolute atomic E-state index is 12.3. The van der Waals surface area contributed by atoms with Crippen LogP contribution in [0.2, 0.25) is 5.02 Å². The van der Waals surface area contributed by atoms with E-state index in [9.17, 15) is 18.3 Å². The molecule has 0 bridgehead atoms. The molecule has 1 unspecified atom stereocenters. The highest BCUT2D eigenvalue weighted by Crippen LogP contribution is 2.39. The van der Waals surface area contributed by atoms with Gasteiger partial charge < -0.3 is 10.0 Å². The van der Waals surface area contributed by atoms with E-state index >= 15 is 0 Å². The predicted octanol–water partition coefficient (Wildman–Crippen LogP) is 2.19. The van der Waals surface area contributed by atoms with Gasteiger partial charge in [0, 0.05) is 24.9 Å². The summed E-state index contributed by atoms with van der Waals surface area (Å²) in [4.78, 5) is 13.1. The lowest BCUT2D eigenvalue weighted by Crippen LogP contribution is -2.42. The Kier molecular flexibility index (Phi) is 5.94. The molecule has 0 spiro atoms. The van der Waals surface area contributed by atoms with E-state index in [2.05, 4.69) is 4.72 Å². The summed E-state index contributed by atoms with van der Waals surface area (Å²) in [7, 11) is -3.77. The minimum absolute atomic E-state index is 0.0753. The predicted molar refractivity (Wildman–Crippen MR) is 95.8 cm³/mol. The number of hydrogen-bond donors (Lipinski definition) is 2. The molecule has 1 aromatic carbocycles. The Morgan fingerprint density at radius 3 is 2.78 bits per heavy atom. The summed E-state index contributed by atoms with van der Waals surface area (Å²) in [6.07, 6.45) is 1.09. The van der Waals surface area contributed by atoms with Gasteiger partial charge in [-0.1, -0.05) is 47.2 Å². The van der Waals surface area contributed by atoms with Crippen molar-refractivity contribution >= 4 is 50.1 Å². The monoisotopic (exact) mass is 472 g/mol. The topological polar surface area (TPSA) is 86.7 Å². The number of carbonyl (C=O) groups is 1. The van der Waals surface area contributed by atoms with E-state index in [1.54, 1.807) is 6.07 Å². The molecule has 6 nitrogen and oxygen atoms in total. The maximum Gasteiger partial charge on any atom is 0.242 e. The molecule has 128 valence electrons. The van der Waals surface area contributed by atoms with Gasteiger partial charge in [-0.25, -0.2) is 13.1 Å². The molecule has 1 saturated heterocycles. The van der Waals surface area contributed by atoms with E-state index in [4.69, 9.17) is 11.6 Å². The zero-order valence-corrected chi connectivity index (χ0v) is 16.3. The first-order valence-corrected chi connectivity index (χ1v) is 10.5. The first kappa shape index (κ1) is 18.9. The highest BCUT2D eigenvalue weighted by molar-refractivity contribution is 14.1. The van der Waals surface area contributed by atoms with Crippen molar-refractivity contribution in [1.29, 1.82) is 0 Å². The molecule has 0 saturated carbocycles. The molecule has 1 heterocycles. The van der Waals surface area contributed by atoms with Crippen molar-refractivity contribution in [1.82, 2.24) is 9.62 Å². The highest BCUT2D eigenvalue weighted by atomic mass is 127. The fraction of sp³-hybridized carbons (Fsp3) is 0.500. The third-order valence-corrected chi connectivity index (χ3v) is 6.40. The second-order valence-electron chi connectivity index (χ2n) is 5.30. The highest BCUT2D eigenvalue weighted by Gasteiger charge is 2.45. The molecule has 0 aromatic heterocycles. The number of aliphatic hydroxyl groups is 1. The van der Waals surface area contributed by atoms with Gasteiger partial charge in [-0.2, -0.15) is 0 Å². The first-order valence-electron chi connectivity index (χ1n) is 7.14. The van der Waals surface area contributed by atoms with Crippen LogP contribution in [0.3, 0.4) is 0 Å². The lowest BCUT2D eigenvalue weighted by Gasteiger charge is -2.33. The molecule has 1 fully saturated rings. The van der Waals surface area contributed by atoms with Crippen LogP contribution in [0.5, 0.6) is 0 Å². The van der Waals surface area contributed by atoms with Crippen LogP contribution < -0.4 is 4.72 Å². The Morgan fingerprint density at radius 1 is 1.48 bits per heavy atom. The van der Waals surface area contributed by atoms with Crippen molar-refractivity contribution in [2.45, 2.75) is 36.8 Å². The number of carbonyl (C=O) groups excluding carboxylic acids is 1. The molecular weight excluding hydrogens is 455 g/mol. The molecule has 1 aliphatic rings. The van der Waals surface area contributed by atoms with E-state index in [1.807, 2.05) is 29.5 Å². The lowest BCUT2D eigenvalue weighted by atomic mass is 10.0. The molecule has 0 radical (unpaired) electrons. The SMILES string of the molecule is CCCNS(=O)(=O)c1cc(C2(O)CCC(=O)N2CI)ccc1Cl. The third-order valence-electron chi connectivity index (χ3n) is 3.78. The van der Waals surface area contributed by atoms with Gasteiger partial charge in [-0.05, 0) is 18.6 Å². The fourth-order valence-electron chi connectivity index (χ4n) is 2.50. The second-order valence-corrected chi connectivity index (χ2v) is 8.13. The van der Waals surface area contributed by atoms with Crippen molar-refractivity contribution in [3.05, 3.63) is 28.8 Å². The average Bonchev–Trinajstić information content (AvgIpc) is 2.81. The van der Waals surface area contributed by atoms with Gasteiger partial charge in [0.05, 0.1) is 9.57 Å². The molecule has 2 N–H and O–H groups in total. The number of sulfonamides is 1. The van der Waals surface area contributed by atoms with Gasteiger partial charge in [0.25, 0.3) is 0 Å². The third kappa shape index (κ3) is 3.65. The number of amides is 1. The summed E-state index contributed by atoms with van der Waals surface area (Å²) < 4.78 is 27.4. The minimum atomic E-state index is -3.77. The van der Waals surface area contributed by atoms with Crippen molar-refractivity contribution in [3.63, 3.8) is 0 Å². The quantitative estimate of drug-likeness (QED) is 0.377. The maximum atomic E-state index is 12.3. The number of nitrogens with zero attached hydrogens (tertiary/aromatic N) is 1. The number of benzene rings is 1. The standard InChI is InChI=1S/C14H18ClIN2O4S/c1-2-7-17-23(21,22)12-8-10(3-4-11(12)15)14(20)6-5-13(19)18(14)9-16/h3-4,8,17,20H,2,5-7,9H2,1H3. The van der Waals surface area contributed by atoms with Gasteiger partial charge in [-0.15, -0.1) is 0 Å². The Bertz CT molecular complexity index is 713. The molecule has 0 aliphatic carbocycles. The van der Waals surface area contributed by atoms with E-state index < -0.39 is 15.7 Å². The number of nitrogens with one attached hydrogen (secondary N) is 1. The zero-order chi connectivity index (χ0) is 17.3. The van der Waals surface area contributed by atoms with Crippen LogP contribution in [0, 0.1) is 0 Å². The Hall–Kier alpha value is -0.420. The largest absolute Gasteiger partial charge is 0.367 e. The van der Waals surface area contributed by atoms with Crippen LogP contribution in [0.15, 0.2) is 23.1 Å². The van der Waals surface area contributed by atoms with E-state index in [0.29, 0.717) is 23.1 Å². The Balaban J connectivity index is 2.47. The summed E-state index contributed by atoms with van der Waals surface area (Å²) >= 11 is 8.02. The molecule has 1 atom stereocenters. The minimum Gasteiger partial charge on any atom is -0.367 e. The Morgan fingerprint density at radius 2 is 2.17 bits per heavy atom. The normalized spacial score (nSPS) is 21.9. The molecule has 1 aliphatic heterocycles. The Labute approximate surface area is 154 Å². The number of rotatable bonds is 6. The molecule has 23 heavy (non-hydrogen) atoms. The summed E-state index contributed by atoms with van der Waals surface area (Å²) in [6, 6.07) is 4.33. The molecule has 9 heteroatoms. The van der Waals surface area contributed by atoms with Crippen LogP contribution in [0.1, 0.15) is 31.7 Å². The second kappa shape index (κ2) is 7.22.